The van der Waals surface area contributed by atoms with Crippen molar-refractivity contribution >= 4 is 11.6 Å². The van der Waals surface area contributed by atoms with Crippen molar-refractivity contribution in [1.29, 1.82) is 0 Å². The molecule has 0 heterocycles. The number of aryl methyl sites for hydroxylation is 1. The van der Waals surface area contributed by atoms with E-state index in [1.54, 1.807) is 0 Å². The smallest absolute Gasteiger partial charge is 0.141 e. The maximum Gasteiger partial charge on any atom is 0.141 e. The van der Waals surface area contributed by atoms with Crippen LogP contribution >= 0.6 is 11.6 Å². The minimum absolute atomic E-state index is 0.323. The van der Waals surface area contributed by atoms with Crippen LogP contribution in [0.1, 0.15) is 18.9 Å². The zero-order valence-electron chi connectivity index (χ0n) is 8.72. The van der Waals surface area contributed by atoms with Crippen LogP contribution in [0.4, 0.5) is 4.39 Å². The van der Waals surface area contributed by atoms with E-state index in [2.05, 4.69) is 0 Å². The molecule has 1 aromatic rings. The summed E-state index contributed by atoms with van der Waals surface area (Å²) in [7, 11) is 0. The summed E-state index contributed by atoms with van der Waals surface area (Å²) in [6.45, 7) is 2.95. The fraction of sp³-hybridized carbons (Fsp3) is 0.455. The van der Waals surface area contributed by atoms with Gasteiger partial charge in [0.05, 0.1) is 11.6 Å². The SMILES string of the molecule is CCOc1c(Cl)cc(F)cc1CCCN. The molecule has 1 rings (SSSR count). The average molecular weight is 232 g/mol. The van der Waals surface area contributed by atoms with Crippen molar-refractivity contribution in [1.82, 2.24) is 0 Å². The molecule has 0 radical (unpaired) electrons. The first-order chi connectivity index (χ1) is 7.19. The molecule has 2 N–H and O–H groups in total. The lowest BCUT2D eigenvalue weighted by atomic mass is 10.1. The van der Waals surface area contributed by atoms with E-state index in [1.807, 2.05) is 6.92 Å². The first-order valence-corrected chi connectivity index (χ1v) is 5.37. The molecule has 0 amide bonds. The van der Waals surface area contributed by atoms with Gasteiger partial charge in [-0.15, -0.1) is 0 Å². The molecule has 1 aromatic carbocycles. The Morgan fingerprint density at radius 1 is 1.47 bits per heavy atom. The number of rotatable bonds is 5. The van der Waals surface area contributed by atoms with E-state index >= 15 is 0 Å². The van der Waals surface area contributed by atoms with E-state index in [0.717, 1.165) is 12.0 Å². The van der Waals surface area contributed by atoms with Gasteiger partial charge in [0.15, 0.2) is 0 Å². The molecule has 15 heavy (non-hydrogen) atoms. The predicted octanol–water partition coefficient (Wildman–Crippen LogP) is 2.77. The highest BCUT2D eigenvalue weighted by atomic mass is 35.5. The molecule has 0 aliphatic rings. The van der Waals surface area contributed by atoms with Gasteiger partial charge in [0.25, 0.3) is 0 Å². The number of nitrogens with two attached hydrogens (primary N) is 1. The third-order valence-electron chi connectivity index (χ3n) is 2.02. The van der Waals surface area contributed by atoms with Crippen LogP contribution in [0.5, 0.6) is 5.75 Å². The van der Waals surface area contributed by atoms with Crippen LogP contribution in [0.15, 0.2) is 12.1 Å². The Morgan fingerprint density at radius 2 is 2.20 bits per heavy atom. The van der Waals surface area contributed by atoms with E-state index in [4.69, 9.17) is 22.1 Å². The van der Waals surface area contributed by atoms with E-state index in [0.29, 0.717) is 30.3 Å². The first-order valence-electron chi connectivity index (χ1n) is 4.99. The summed E-state index contributed by atoms with van der Waals surface area (Å²) < 4.78 is 18.5. The molecule has 84 valence electrons. The molecule has 2 nitrogen and oxygen atoms in total. The molecule has 0 unspecified atom stereocenters. The molecule has 4 heteroatoms. The van der Waals surface area contributed by atoms with Gasteiger partial charge < -0.3 is 10.5 Å². The molecule has 0 atom stereocenters. The van der Waals surface area contributed by atoms with Crippen LogP contribution in [0.25, 0.3) is 0 Å². The van der Waals surface area contributed by atoms with Crippen LogP contribution in [0.2, 0.25) is 5.02 Å². The van der Waals surface area contributed by atoms with Crippen LogP contribution in [0.3, 0.4) is 0 Å². The molecule has 0 spiro atoms. The van der Waals surface area contributed by atoms with Gasteiger partial charge in [-0.2, -0.15) is 0 Å². The van der Waals surface area contributed by atoms with Crippen molar-refractivity contribution in [2.24, 2.45) is 5.73 Å². The maximum absolute atomic E-state index is 13.1. The molecule has 0 aliphatic heterocycles. The molecule has 0 saturated heterocycles. The van der Waals surface area contributed by atoms with E-state index in [9.17, 15) is 4.39 Å². The maximum atomic E-state index is 13.1. The van der Waals surface area contributed by atoms with Crippen molar-refractivity contribution in [3.05, 3.63) is 28.5 Å². The zero-order chi connectivity index (χ0) is 11.3. The Kier molecular flexibility index (Phi) is 4.85. The quantitative estimate of drug-likeness (QED) is 0.846. The van der Waals surface area contributed by atoms with E-state index in [1.165, 1.54) is 12.1 Å². The number of hydrogen-bond donors (Lipinski definition) is 1. The molecule has 0 bridgehead atoms. The largest absolute Gasteiger partial charge is 0.492 e. The van der Waals surface area contributed by atoms with Gasteiger partial charge in [0.2, 0.25) is 0 Å². The molecule has 0 aliphatic carbocycles. The Bertz CT molecular complexity index is 331. The summed E-state index contributed by atoms with van der Waals surface area (Å²) in [6.07, 6.45) is 1.48. The topological polar surface area (TPSA) is 35.2 Å². The second-order valence-electron chi connectivity index (χ2n) is 3.20. The molecule has 0 fully saturated rings. The lowest BCUT2D eigenvalue weighted by Gasteiger charge is -2.11. The molecular weight excluding hydrogens is 217 g/mol. The monoisotopic (exact) mass is 231 g/mol. The number of ether oxygens (including phenoxy) is 1. The Balaban J connectivity index is 2.97. The third-order valence-corrected chi connectivity index (χ3v) is 2.30. The van der Waals surface area contributed by atoms with Crippen LogP contribution < -0.4 is 10.5 Å². The van der Waals surface area contributed by atoms with Gasteiger partial charge in [-0.05, 0) is 44.0 Å². The van der Waals surface area contributed by atoms with Gasteiger partial charge in [0.1, 0.15) is 11.6 Å². The average Bonchev–Trinajstić information content (AvgIpc) is 2.19. The Hall–Kier alpha value is -0.800. The molecule has 0 aromatic heterocycles. The van der Waals surface area contributed by atoms with Gasteiger partial charge >= 0.3 is 0 Å². The summed E-state index contributed by atoms with van der Waals surface area (Å²) in [6, 6.07) is 2.71. The predicted molar refractivity (Wildman–Crippen MR) is 60.0 cm³/mol. The highest BCUT2D eigenvalue weighted by Crippen LogP contribution is 2.30. The van der Waals surface area contributed by atoms with Crippen molar-refractivity contribution in [2.75, 3.05) is 13.2 Å². The van der Waals surface area contributed by atoms with Gasteiger partial charge in [-0.25, -0.2) is 4.39 Å². The van der Waals surface area contributed by atoms with Crippen molar-refractivity contribution < 1.29 is 9.13 Å². The fourth-order valence-corrected chi connectivity index (χ4v) is 1.68. The summed E-state index contributed by atoms with van der Waals surface area (Å²) in [5, 5.41) is 0.323. The molecular formula is C11H15ClFNO. The number of hydrogen-bond acceptors (Lipinski definition) is 2. The van der Waals surface area contributed by atoms with E-state index in [-0.39, 0.29) is 5.82 Å². The van der Waals surface area contributed by atoms with Crippen molar-refractivity contribution in [2.45, 2.75) is 19.8 Å². The normalized spacial score (nSPS) is 10.4. The van der Waals surface area contributed by atoms with Crippen LogP contribution in [0, 0.1) is 5.82 Å². The second-order valence-corrected chi connectivity index (χ2v) is 3.61. The highest BCUT2D eigenvalue weighted by Gasteiger charge is 2.10. The molecule has 0 saturated carbocycles. The minimum atomic E-state index is -0.338. The number of benzene rings is 1. The highest BCUT2D eigenvalue weighted by molar-refractivity contribution is 6.32. The van der Waals surface area contributed by atoms with Gasteiger partial charge in [0, 0.05) is 0 Å². The minimum Gasteiger partial charge on any atom is -0.492 e. The Morgan fingerprint density at radius 3 is 2.80 bits per heavy atom. The van der Waals surface area contributed by atoms with E-state index < -0.39 is 0 Å². The standard InChI is InChI=1S/C11H15ClFNO/c1-2-15-11-8(4-3-5-14)6-9(13)7-10(11)12/h6-7H,2-5,14H2,1H3. The van der Waals surface area contributed by atoms with Crippen LogP contribution in [-0.2, 0) is 6.42 Å². The summed E-state index contributed by atoms with van der Waals surface area (Å²) >= 11 is 5.90. The lowest BCUT2D eigenvalue weighted by molar-refractivity contribution is 0.335. The fourth-order valence-electron chi connectivity index (χ4n) is 1.40. The summed E-state index contributed by atoms with van der Waals surface area (Å²) in [4.78, 5) is 0. The summed E-state index contributed by atoms with van der Waals surface area (Å²) in [5.74, 6) is 0.240. The lowest BCUT2D eigenvalue weighted by Crippen LogP contribution is -2.03. The van der Waals surface area contributed by atoms with Gasteiger partial charge in [-0.1, -0.05) is 11.6 Å². The second kappa shape index (κ2) is 5.93. The van der Waals surface area contributed by atoms with Crippen molar-refractivity contribution in [3.8, 4) is 5.75 Å². The first kappa shape index (κ1) is 12.3. The Labute approximate surface area is 94.2 Å². The summed E-state index contributed by atoms with van der Waals surface area (Å²) in [5.41, 5.74) is 6.19. The van der Waals surface area contributed by atoms with Crippen LogP contribution in [-0.4, -0.2) is 13.2 Å². The zero-order valence-corrected chi connectivity index (χ0v) is 9.48. The van der Waals surface area contributed by atoms with Gasteiger partial charge in [-0.3, -0.25) is 0 Å². The third kappa shape index (κ3) is 3.36. The number of halogens is 2. The van der Waals surface area contributed by atoms with Crippen molar-refractivity contribution in [3.63, 3.8) is 0 Å².